The highest BCUT2D eigenvalue weighted by atomic mass is 16.5. The Labute approximate surface area is 130 Å². The van der Waals surface area contributed by atoms with Crippen LogP contribution in [0.2, 0.25) is 0 Å². The van der Waals surface area contributed by atoms with E-state index in [9.17, 15) is 0 Å². The summed E-state index contributed by atoms with van der Waals surface area (Å²) in [5, 5.41) is 6.62. The number of hydrogen-bond acceptors (Lipinski definition) is 3. The summed E-state index contributed by atoms with van der Waals surface area (Å²) in [7, 11) is 1.72. The Hall–Kier alpha value is -0.810. The van der Waals surface area contributed by atoms with Gasteiger partial charge in [-0.25, -0.2) is 0 Å². The molecule has 5 heteroatoms. The Balaban J connectivity index is 2.46. The predicted molar refractivity (Wildman–Crippen MR) is 90.0 cm³/mol. The average molecular weight is 298 g/mol. The number of rotatable bonds is 9. The molecular formula is C16H34N4O. The number of hydrogen-bond donors (Lipinski definition) is 2. The number of ether oxygens (including phenoxy) is 1. The van der Waals surface area contributed by atoms with Crippen LogP contribution in [0.5, 0.6) is 0 Å². The second-order valence-electron chi connectivity index (χ2n) is 5.68. The fourth-order valence-electron chi connectivity index (χ4n) is 2.73. The number of methoxy groups -OCH3 is 1. The summed E-state index contributed by atoms with van der Waals surface area (Å²) in [5.74, 6) is 0.913. The largest absolute Gasteiger partial charge is 0.383 e. The smallest absolute Gasteiger partial charge is 0.191 e. The van der Waals surface area contributed by atoms with Crippen molar-refractivity contribution in [3.63, 3.8) is 0 Å². The third-order valence-corrected chi connectivity index (χ3v) is 3.95. The number of guanidine groups is 1. The highest BCUT2D eigenvalue weighted by Crippen LogP contribution is 2.17. The summed E-state index contributed by atoms with van der Waals surface area (Å²) >= 11 is 0. The van der Waals surface area contributed by atoms with Gasteiger partial charge in [0.05, 0.1) is 13.2 Å². The highest BCUT2D eigenvalue weighted by Gasteiger charge is 2.21. The van der Waals surface area contributed by atoms with Crippen molar-refractivity contribution >= 4 is 5.96 Å². The van der Waals surface area contributed by atoms with Gasteiger partial charge in [0.2, 0.25) is 0 Å². The van der Waals surface area contributed by atoms with Gasteiger partial charge in [-0.3, -0.25) is 9.89 Å². The van der Waals surface area contributed by atoms with E-state index in [-0.39, 0.29) is 0 Å². The number of likely N-dealkylation sites (tertiary alicyclic amines) is 1. The number of nitrogens with zero attached hydrogens (tertiary/aromatic N) is 2. The summed E-state index contributed by atoms with van der Waals surface area (Å²) < 4.78 is 5.07. The van der Waals surface area contributed by atoms with E-state index in [1.165, 1.54) is 45.2 Å². The number of aliphatic imine (C=N–C) groups is 1. The van der Waals surface area contributed by atoms with Crippen molar-refractivity contribution < 1.29 is 4.74 Å². The first kappa shape index (κ1) is 18.2. The molecule has 0 bridgehead atoms. The van der Waals surface area contributed by atoms with Crippen LogP contribution in [-0.4, -0.2) is 63.3 Å². The van der Waals surface area contributed by atoms with Gasteiger partial charge < -0.3 is 15.4 Å². The van der Waals surface area contributed by atoms with E-state index < -0.39 is 0 Å². The van der Waals surface area contributed by atoms with Gasteiger partial charge in [-0.2, -0.15) is 0 Å². The first-order valence-corrected chi connectivity index (χ1v) is 8.57. The lowest BCUT2D eigenvalue weighted by molar-refractivity contribution is 0.151. The van der Waals surface area contributed by atoms with E-state index >= 15 is 0 Å². The first-order chi connectivity index (χ1) is 10.3. The standard InChI is InChI=1S/C16H34N4O/c1-4-6-11-20-12-8-7-9-15(20)14-19-16(17-5-2)18-10-13-21-3/h15H,4-14H2,1-3H3,(H2,17,18,19). The Bertz CT molecular complexity index is 283. The van der Waals surface area contributed by atoms with Crippen LogP contribution in [0.15, 0.2) is 4.99 Å². The van der Waals surface area contributed by atoms with Crippen molar-refractivity contribution in [1.82, 2.24) is 15.5 Å². The molecule has 5 nitrogen and oxygen atoms in total. The molecule has 21 heavy (non-hydrogen) atoms. The zero-order chi connectivity index (χ0) is 15.3. The number of piperidine rings is 1. The summed E-state index contributed by atoms with van der Waals surface area (Å²) in [6.45, 7) is 10.1. The van der Waals surface area contributed by atoms with Crippen LogP contribution in [0.4, 0.5) is 0 Å². The van der Waals surface area contributed by atoms with Gasteiger partial charge in [0.25, 0.3) is 0 Å². The van der Waals surface area contributed by atoms with Crippen LogP contribution in [0, 0.1) is 0 Å². The molecule has 1 aliphatic heterocycles. The Morgan fingerprint density at radius 2 is 2.14 bits per heavy atom. The zero-order valence-corrected chi connectivity index (χ0v) is 14.2. The van der Waals surface area contributed by atoms with E-state index in [1.54, 1.807) is 7.11 Å². The second kappa shape index (κ2) is 11.8. The van der Waals surface area contributed by atoms with Gasteiger partial charge in [0.1, 0.15) is 0 Å². The van der Waals surface area contributed by atoms with Crippen molar-refractivity contribution in [2.75, 3.05) is 46.4 Å². The van der Waals surface area contributed by atoms with Crippen LogP contribution in [0.25, 0.3) is 0 Å². The SMILES string of the molecule is CCCCN1CCCCC1CN=C(NCC)NCCOC. The monoisotopic (exact) mass is 298 g/mol. The van der Waals surface area contributed by atoms with E-state index in [2.05, 4.69) is 29.4 Å². The van der Waals surface area contributed by atoms with Crippen LogP contribution in [0.3, 0.4) is 0 Å². The molecule has 1 rings (SSSR count). The van der Waals surface area contributed by atoms with Gasteiger partial charge in [0.15, 0.2) is 5.96 Å². The molecule has 124 valence electrons. The molecule has 1 saturated heterocycles. The van der Waals surface area contributed by atoms with E-state index in [0.29, 0.717) is 12.6 Å². The molecule has 0 aliphatic carbocycles. The average Bonchev–Trinajstić information content (AvgIpc) is 2.51. The molecule has 1 fully saturated rings. The van der Waals surface area contributed by atoms with Crippen molar-refractivity contribution in [2.45, 2.75) is 52.0 Å². The normalized spacial score (nSPS) is 20.5. The molecule has 1 unspecified atom stereocenters. The number of nitrogens with one attached hydrogen (secondary N) is 2. The summed E-state index contributed by atoms with van der Waals surface area (Å²) in [5.41, 5.74) is 0. The van der Waals surface area contributed by atoms with Crippen LogP contribution < -0.4 is 10.6 Å². The quantitative estimate of drug-likeness (QED) is 0.387. The Kier molecular flexibility index (Phi) is 10.3. The first-order valence-electron chi connectivity index (χ1n) is 8.57. The minimum atomic E-state index is 0.614. The predicted octanol–water partition coefficient (Wildman–Crippen LogP) is 1.84. The Morgan fingerprint density at radius 3 is 2.86 bits per heavy atom. The van der Waals surface area contributed by atoms with E-state index in [0.717, 1.165) is 25.6 Å². The fraction of sp³-hybridized carbons (Fsp3) is 0.938. The summed E-state index contributed by atoms with van der Waals surface area (Å²) in [6.07, 6.45) is 6.54. The molecule has 1 heterocycles. The Morgan fingerprint density at radius 1 is 1.29 bits per heavy atom. The van der Waals surface area contributed by atoms with Gasteiger partial charge in [-0.05, 0) is 39.3 Å². The van der Waals surface area contributed by atoms with Crippen LogP contribution in [-0.2, 0) is 4.74 Å². The second-order valence-corrected chi connectivity index (χ2v) is 5.68. The molecular weight excluding hydrogens is 264 g/mol. The van der Waals surface area contributed by atoms with Crippen molar-refractivity contribution in [2.24, 2.45) is 4.99 Å². The lowest BCUT2D eigenvalue weighted by Gasteiger charge is -2.35. The number of unbranched alkanes of at least 4 members (excludes halogenated alkanes) is 1. The summed E-state index contributed by atoms with van der Waals surface area (Å²) in [4.78, 5) is 7.40. The maximum atomic E-state index is 5.07. The van der Waals surface area contributed by atoms with Gasteiger partial charge in [-0.1, -0.05) is 19.8 Å². The lowest BCUT2D eigenvalue weighted by atomic mass is 10.0. The molecule has 0 spiro atoms. The summed E-state index contributed by atoms with van der Waals surface area (Å²) in [6, 6.07) is 0.614. The molecule has 0 aromatic heterocycles. The topological polar surface area (TPSA) is 48.9 Å². The van der Waals surface area contributed by atoms with Crippen LogP contribution >= 0.6 is 0 Å². The molecule has 0 saturated carbocycles. The van der Waals surface area contributed by atoms with Crippen molar-refractivity contribution in [3.05, 3.63) is 0 Å². The van der Waals surface area contributed by atoms with Crippen molar-refractivity contribution in [3.8, 4) is 0 Å². The van der Waals surface area contributed by atoms with Gasteiger partial charge in [-0.15, -0.1) is 0 Å². The molecule has 1 aliphatic rings. The minimum absolute atomic E-state index is 0.614. The fourth-order valence-corrected chi connectivity index (χ4v) is 2.73. The lowest BCUT2D eigenvalue weighted by Crippen LogP contribution is -2.44. The zero-order valence-electron chi connectivity index (χ0n) is 14.2. The molecule has 0 aromatic carbocycles. The third kappa shape index (κ3) is 7.67. The highest BCUT2D eigenvalue weighted by molar-refractivity contribution is 5.79. The maximum absolute atomic E-state index is 5.07. The van der Waals surface area contributed by atoms with Gasteiger partial charge in [0, 0.05) is 26.2 Å². The van der Waals surface area contributed by atoms with Gasteiger partial charge >= 0.3 is 0 Å². The van der Waals surface area contributed by atoms with E-state index in [1.807, 2.05) is 0 Å². The molecule has 1 atom stereocenters. The molecule has 0 amide bonds. The molecule has 0 aromatic rings. The molecule has 2 N–H and O–H groups in total. The minimum Gasteiger partial charge on any atom is -0.383 e. The van der Waals surface area contributed by atoms with Crippen molar-refractivity contribution in [1.29, 1.82) is 0 Å². The van der Waals surface area contributed by atoms with Crippen LogP contribution in [0.1, 0.15) is 46.0 Å². The van der Waals surface area contributed by atoms with E-state index in [4.69, 9.17) is 9.73 Å². The maximum Gasteiger partial charge on any atom is 0.191 e. The molecule has 0 radical (unpaired) electrons. The third-order valence-electron chi connectivity index (χ3n) is 3.95.